The highest BCUT2D eigenvalue weighted by molar-refractivity contribution is 6.30. The first kappa shape index (κ1) is 15.1. The van der Waals surface area contributed by atoms with E-state index in [0.717, 1.165) is 18.7 Å². The van der Waals surface area contributed by atoms with Gasteiger partial charge in [-0.15, -0.1) is 0 Å². The number of carboxylic acids is 1. The first-order valence-corrected chi connectivity index (χ1v) is 7.76. The normalized spacial score (nSPS) is 21.9. The second kappa shape index (κ2) is 6.51. The smallest absolute Gasteiger partial charge is 0.308 e. The van der Waals surface area contributed by atoms with Crippen molar-refractivity contribution in [2.75, 3.05) is 13.1 Å². The number of rotatable bonds is 4. The van der Waals surface area contributed by atoms with E-state index in [1.54, 1.807) is 0 Å². The summed E-state index contributed by atoms with van der Waals surface area (Å²) in [5.74, 6) is -1.08. The van der Waals surface area contributed by atoms with Gasteiger partial charge >= 0.3 is 5.97 Å². The lowest BCUT2D eigenvalue weighted by Crippen LogP contribution is -2.23. The Morgan fingerprint density at radius 2 is 1.77 bits per heavy atom. The standard InChI is InChI=1S/C18H18ClNO2/c19-15-8-6-14(7-9-15)16-11-20(12-17(16)18(21)22)10-13-4-2-1-3-5-13/h1-9,16-17H,10-12H2,(H,21,22)/t16-,17+/m1/s1. The first-order valence-electron chi connectivity index (χ1n) is 7.38. The van der Waals surface area contributed by atoms with Crippen LogP contribution in [0.2, 0.25) is 5.02 Å². The summed E-state index contributed by atoms with van der Waals surface area (Å²) in [4.78, 5) is 13.8. The Morgan fingerprint density at radius 3 is 2.41 bits per heavy atom. The van der Waals surface area contributed by atoms with E-state index in [0.29, 0.717) is 11.6 Å². The minimum atomic E-state index is -0.726. The zero-order chi connectivity index (χ0) is 15.5. The van der Waals surface area contributed by atoms with Crippen LogP contribution in [-0.4, -0.2) is 29.1 Å². The van der Waals surface area contributed by atoms with Crippen molar-refractivity contribution < 1.29 is 9.90 Å². The minimum Gasteiger partial charge on any atom is -0.481 e. The molecule has 4 heteroatoms. The second-order valence-electron chi connectivity index (χ2n) is 5.78. The molecule has 0 bridgehead atoms. The Hall–Kier alpha value is -1.84. The maximum Gasteiger partial charge on any atom is 0.308 e. The van der Waals surface area contributed by atoms with Gasteiger partial charge in [0.2, 0.25) is 0 Å². The molecule has 3 rings (SSSR count). The van der Waals surface area contributed by atoms with Crippen molar-refractivity contribution in [3.8, 4) is 0 Å². The highest BCUT2D eigenvalue weighted by atomic mass is 35.5. The van der Waals surface area contributed by atoms with Crippen LogP contribution >= 0.6 is 11.6 Å². The molecule has 2 aromatic carbocycles. The monoisotopic (exact) mass is 315 g/mol. The van der Waals surface area contributed by atoms with Gasteiger partial charge in [-0.05, 0) is 23.3 Å². The summed E-state index contributed by atoms with van der Waals surface area (Å²) in [5.41, 5.74) is 2.26. The van der Waals surface area contributed by atoms with Crippen LogP contribution in [0.4, 0.5) is 0 Å². The molecule has 2 atom stereocenters. The average molecular weight is 316 g/mol. The van der Waals surface area contributed by atoms with Gasteiger partial charge in [0, 0.05) is 30.6 Å². The summed E-state index contributed by atoms with van der Waals surface area (Å²) >= 11 is 5.93. The number of carbonyl (C=O) groups is 1. The molecule has 0 amide bonds. The van der Waals surface area contributed by atoms with E-state index in [1.165, 1.54) is 5.56 Å². The van der Waals surface area contributed by atoms with Crippen LogP contribution in [0, 0.1) is 5.92 Å². The van der Waals surface area contributed by atoms with Crippen LogP contribution in [0.5, 0.6) is 0 Å². The predicted octanol–water partition coefficient (Wildman–Crippen LogP) is 3.64. The lowest BCUT2D eigenvalue weighted by atomic mass is 9.89. The summed E-state index contributed by atoms with van der Waals surface area (Å²) in [5, 5.41) is 10.2. The van der Waals surface area contributed by atoms with Crippen molar-refractivity contribution >= 4 is 17.6 Å². The van der Waals surface area contributed by atoms with Crippen LogP contribution in [-0.2, 0) is 11.3 Å². The molecule has 0 aromatic heterocycles. The van der Waals surface area contributed by atoms with Crippen LogP contribution in [0.3, 0.4) is 0 Å². The van der Waals surface area contributed by atoms with Crippen molar-refractivity contribution in [1.29, 1.82) is 0 Å². The van der Waals surface area contributed by atoms with Crippen molar-refractivity contribution in [2.24, 2.45) is 5.92 Å². The SMILES string of the molecule is O=C(O)[C@H]1CN(Cc2ccccc2)C[C@@H]1c1ccc(Cl)cc1. The predicted molar refractivity (Wildman–Crippen MR) is 87.0 cm³/mol. The number of carboxylic acid groups (broad SMARTS) is 1. The van der Waals surface area contributed by atoms with Crippen molar-refractivity contribution in [2.45, 2.75) is 12.5 Å². The fourth-order valence-corrected chi connectivity index (χ4v) is 3.28. The highest BCUT2D eigenvalue weighted by Gasteiger charge is 2.38. The number of nitrogens with zero attached hydrogens (tertiary/aromatic N) is 1. The summed E-state index contributed by atoms with van der Waals surface area (Å²) in [7, 11) is 0. The third-order valence-corrected chi connectivity index (χ3v) is 4.51. The Labute approximate surface area is 135 Å². The molecule has 1 saturated heterocycles. The van der Waals surface area contributed by atoms with Gasteiger partial charge in [0.25, 0.3) is 0 Å². The Bertz CT molecular complexity index is 642. The Kier molecular flexibility index (Phi) is 4.46. The fourth-order valence-electron chi connectivity index (χ4n) is 3.15. The lowest BCUT2D eigenvalue weighted by Gasteiger charge is -2.16. The molecule has 1 aliphatic heterocycles. The average Bonchev–Trinajstić information content (AvgIpc) is 2.93. The van der Waals surface area contributed by atoms with Gasteiger partial charge in [-0.1, -0.05) is 54.1 Å². The Balaban J connectivity index is 1.77. The minimum absolute atomic E-state index is 0.0125. The van der Waals surface area contributed by atoms with Crippen LogP contribution < -0.4 is 0 Å². The lowest BCUT2D eigenvalue weighted by molar-refractivity contribution is -0.141. The quantitative estimate of drug-likeness (QED) is 0.936. The van der Waals surface area contributed by atoms with Crippen molar-refractivity contribution in [3.05, 3.63) is 70.7 Å². The number of likely N-dealkylation sites (tertiary alicyclic amines) is 1. The molecule has 1 heterocycles. The van der Waals surface area contributed by atoms with Crippen LogP contribution in [0.1, 0.15) is 17.0 Å². The third-order valence-electron chi connectivity index (χ3n) is 4.26. The summed E-state index contributed by atoms with van der Waals surface area (Å²) in [6.45, 7) is 2.12. The van der Waals surface area contributed by atoms with Gasteiger partial charge in [0.15, 0.2) is 0 Å². The molecule has 0 radical (unpaired) electrons. The molecular weight excluding hydrogens is 298 g/mol. The molecule has 1 N–H and O–H groups in total. The van der Waals surface area contributed by atoms with Crippen LogP contribution in [0.15, 0.2) is 54.6 Å². The Morgan fingerprint density at radius 1 is 1.09 bits per heavy atom. The van der Waals surface area contributed by atoms with Gasteiger partial charge in [0.1, 0.15) is 0 Å². The van der Waals surface area contributed by atoms with Crippen LogP contribution in [0.25, 0.3) is 0 Å². The third kappa shape index (κ3) is 3.32. The topological polar surface area (TPSA) is 40.5 Å². The van der Waals surface area contributed by atoms with E-state index in [-0.39, 0.29) is 11.8 Å². The molecule has 1 fully saturated rings. The second-order valence-corrected chi connectivity index (χ2v) is 6.22. The first-order chi connectivity index (χ1) is 10.6. The van der Waals surface area contributed by atoms with Crippen molar-refractivity contribution in [3.63, 3.8) is 0 Å². The molecule has 3 nitrogen and oxygen atoms in total. The number of halogens is 1. The zero-order valence-corrected chi connectivity index (χ0v) is 12.9. The van der Waals surface area contributed by atoms with Crippen molar-refractivity contribution in [1.82, 2.24) is 4.90 Å². The molecule has 0 aliphatic carbocycles. The van der Waals surface area contributed by atoms with E-state index < -0.39 is 5.97 Å². The molecule has 22 heavy (non-hydrogen) atoms. The highest BCUT2D eigenvalue weighted by Crippen LogP contribution is 2.34. The molecule has 1 aliphatic rings. The fraction of sp³-hybridized carbons (Fsp3) is 0.278. The van der Waals surface area contributed by atoms with E-state index in [1.807, 2.05) is 42.5 Å². The van der Waals surface area contributed by atoms with E-state index in [9.17, 15) is 9.90 Å². The summed E-state index contributed by atoms with van der Waals surface area (Å²) in [6.07, 6.45) is 0. The molecule has 2 aromatic rings. The van der Waals surface area contributed by atoms with Gasteiger partial charge < -0.3 is 5.11 Å². The summed E-state index contributed by atoms with van der Waals surface area (Å²) in [6, 6.07) is 17.7. The largest absolute Gasteiger partial charge is 0.481 e. The van der Waals surface area contributed by atoms with E-state index in [2.05, 4.69) is 17.0 Å². The molecule has 114 valence electrons. The number of hydrogen-bond acceptors (Lipinski definition) is 2. The van der Waals surface area contributed by atoms with Gasteiger partial charge in [0.05, 0.1) is 5.92 Å². The maximum atomic E-state index is 11.6. The van der Waals surface area contributed by atoms with E-state index in [4.69, 9.17) is 11.6 Å². The molecule has 0 spiro atoms. The molecular formula is C18H18ClNO2. The maximum absolute atomic E-state index is 11.6. The number of hydrogen-bond donors (Lipinski definition) is 1. The number of benzene rings is 2. The van der Waals surface area contributed by atoms with Gasteiger partial charge in [-0.25, -0.2) is 0 Å². The van der Waals surface area contributed by atoms with E-state index >= 15 is 0 Å². The summed E-state index contributed by atoms with van der Waals surface area (Å²) < 4.78 is 0. The zero-order valence-electron chi connectivity index (χ0n) is 12.2. The molecule has 0 saturated carbocycles. The molecule has 0 unspecified atom stereocenters. The number of aliphatic carboxylic acids is 1. The van der Waals surface area contributed by atoms with Gasteiger partial charge in [-0.3, -0.25) is 9.69 Å². The van der Waals surface area contributed by atoms with Gasteiger partial charge in [-0.2, -0.15) is 0 Å².